The Kier molecular flexibility index (Phi) is 4.88. The molecule has 0 saturated heterocycles. The second kappa shape index (κ2) is 7.09. The smallest absolute Gasteiger partial charge is 0.326 e. The number of nitrogens with zero attached hydrogens (tertiary/aromatic N) is 1. The summed E-state index contributed by atoms with van der Waals surface area (Å²) >= 11 is 0. The van der Waals surface area contributed by atoms with E-state index in [1.165, 1.54) is 16.0 Å². The lowest BCUT2D eigenvalue weighted by Gasteiger charge is -2.25. The zero-order valence-corrected chi connectivity index (χ0v) is 14.6. The van der Waals surface area contributed by atoms with Gasteiger partial charge in [-0.3, -0.25) is 4.79 Å². The van der Waals surface area contributed by atoms with Gasteiger partial charge in [-0.15, -0.1) is 0 Å². The van der Waals surface area contributed by atoms with Crippen LogP contribution >= 0.6 is 0 Å². The van der Waals surface area contributed by atoms with Crippen LogP contribution in [0.25, 0.3) is 0 Å². The molecule has 130 valence electrons. The zero-order chi connectivity index (χ0) is 18.0. The van der Waals surface area contributed by atoms with E-state index in [2.05, 4.69) is 6.07 Å². The summed E-state index contributed by atoms with van der Waals surface area (Å²) in [5, 5.41) is 9.59. The Labute approximate surface area is 148 Å². The molecule has 3 atom stereocenters. The highest BCUT2D eigenvalue weighted by atomic mass is 16.4. The van der Waals surface area contributed by atoms with Crippen LogP contribution in [0.15, 0.2) is 54.6 Å². The van der Waals surface area contributed by atoms with Gasteiger partial charge < -0.3 is 10.0 Å². The molecule has 2 aromatic rings. The van der Waals surface area contributed by atoms with Crippen LogP contribution in [0.3, 0.4) is 0 Å². The first-order chi connectivity index (χ1) is 12.0. The van der Waals surface area contributed by atoms with Gasteiger partial charge in [-0.25, -0.2) is 4.79 Å². The third kappa shape index (κ3) is 3.73. The van der Waals surface area contributed by atoms with E-state index in [-0.39, 0.29) is 17.7 Å². The lowest BCUT2D eigenvalue weighted by Crippen LogP contribution is -2.44. The van der Waals surface area contributed by atoms with Crippen molar-refractivity contribution < 1.29 is 14.7 Å². The SMILES string of the molecule is Cc1ccccc1C1CC1C(=O)N(C)C(Cc1ccccc1)C(=O)O. The molecule has 0 bridgehead atoms. The molecule has 4 heteroatoms. The maximum atomic E-state index is 12.8. The van der Waals surface area contributed by atoms with Gasteiger partial charge in [-0.05, 0) is 36.0 Å². The lowest BCUT2D eigenvalue weighted by atomic mass is 10.0. The third-order valence-corrected chi connectivity index (χ3v) is 5.07. The fourth-order valence-electron chi connectivity index (χ4n) is 3.46. The number of hydrogen-bond donors (Lipinski definition) is 1. The minimum atomic E-state index is -0.965. The van der Waals surface area contributed by atoms with Crippen molar-refractivity contribution >= 4 is 11.9 Å². The van der Waals surface area contributed by atoms with E-state index in [1.54, 1.807) is 7.05 Å². The molecular formula is C21H23NO3. The predicted molar refractivity (Wildman–Crippen MR) is 96.4 cm³/mol. The average Bonchev–Trinajstić information content (AvgIpc) is 3.40. The van der Waals surface area contributed by atoms with Gasteiger partial charge in [0.15, 0.2) is 0 Å². The highest BCUT2D eigenvalue weighted by Gasteiger charge is 2.47. The number of carbonyl (C=O) groups is 2. The summed E-state index contributed by atoms with van der Waals surface area (Å²) in [5.74, 6) is -0.935. The van der Waals surface area contributed by atoms with Crippen LogP contribution in [0.1, 0.15) is 29.0 Å². The number of rotatable bonds is 6. The van der Waals surface area contributed by atoms with Gasteiger partial charge in [0, 0.05) is 19.4 Å². The van der Waals surface area contributed by atoms with Gasteiger partial charge in [0.1, 0.15) is 6.04 Å². The molecule has 0 spiro atoms. The standard InChI is InChI=1S/C21H23NO3/c1-14-8-6-7-11-16(14)17-13-18(17)20(23)22(2)19(21(24)25)12-15-9-4-3-5-10-15/h3-11,17-19H,12-13H2,1-2H3,(H,24,25). The molecule has 2 aromatic carbocycles. The van der Waals surface area contributed by atoms with E-state index in [4.69, 9.17) is 0 Å². The number of hydrogen-bond acceptors (Lipinski definition) is 2. The number of aliphatic carboxylic acids is 1. The first-order valence-electron chi connectivity index (χ1n) is 8.58. The monoisotopic (exact) mass is 337 g/mol. The fourth-order valence-corrected chi connectivity index (χ4v) is 3.46. The second-order valence-corrected chi connectivity index (χ2v) is 6.80. The van der Waals surface area contributed by atoms with E-state index >= 15 is 0 Å². The van der Waals surface area contributed by atoms with Gasteiger partial charge in [0.25, 0.3) is 0 Å². The number of amides is 1. The molecule has 1 saturated carbocycles. The Balaban J connectivity index is 1.70. The maximum absolute atomic E-state index is 12.8. The topological polar surface area (TPSA) is 57.6 Å². The summed E-state index contributed by atoms with van der Waals surface area (Å²) in [6.45, 7) is 2.05. The van der Waals surface area contributed by atoms with E-state index < -0.39 is 12.0 Å². The molecule has 1 fully saturated rings. The molecule has 1 aliphatic rings. The van der Waals surface area contributed by atoms with Crippen LogP contribution in [0.2, 0.25) is 0 Å². The van der Waals surface area contributed by atoms with Crippen LogP contribution < -0.4 is 0 Å². The van der Waals surface area contributed by atoms with Crippen LogP contribution in [0, 0.1) is 12.8 Å². The van der Waals surface area contributed by atoms with Crippen molar-refractivity contribution in [2.45, 2.75) is 31.7 Å². The van der Waals surface area contributed by atoms with Crippen molar-refractivity contribution in [3.8, 4) is 0 Å². The fraction of sp³-hybridized carbons (Fsp3) is 0.333. The molecule has 1 amide bonds. The highest BCUT2D eigenvalue weighted by molar-refractivity contribution is 5.87. The Morgan fingerprint density at radius 1 is 1.12 bits per heavy atom. The summed E-state index contributed by atoms with van der Waals surface area (Å²) in [4.78, 5) is 25.9. The summed E-state index contributed by atoms with van der Waals surface area (Å²) < 4.78 is 0. The molecule has 0 aliphatic heterocycles. The summed E-state index contributed by atoms with van der Waals surface area (Å²) in [7, 11) is 1.61. The predicted octanol–water partition coefficient (Wildman–Crippen LogP) is 3.25. The lowest BCUT2D eigenvalue weighted by molar-refractivity contribution is -0.149. The number of carboxylic acid groups (broad SMARTS) is 1. The van der Waals surface area contributed by atoms with Crippen molar-refractivity contribution in [2.75, 3.05) is 7.05 Å². The Morgan fingerprint density at radius 2 is 1.76 bits per heavy atom. The molecule has 25 heavy (non-hydrogen) atoms. The average molecular weight is 337 g/mol. The molecule has 3 rings (SSSR count). The molecule has 0 radical (unpaired) electrons. The Bertz CT molecular complexity index is 772. The van der Waals surface area contributed by atoms with Crippen molar-refractivity contribution in [3.05, 3.63) is 71.3 Å². The van der Waals surface area contributed by atoms with Crippen molar-refractivity contribution in [2.24, 2.45) is 5.92 Å². The van der Waals surface area contributed by atoms with Crippen LogP contribution in [0.4, 0.5) is 0 Å². The van der Waals surface area contributed by atoms with Gasteiger partial charge in [0.05, 0.1) is 0 Å². The van der Waals surface area contributed by atoms with Crippen LogP contribution in [-0.2, 0) is 16.0 Å². The van der Waals surface area contributed by atoms with Gasteiger partial charge in [-0.1, -0.05) is 54.6 Å². The van der Waals surface area contributed by atoms with E-state index in [0.717, 1.165) is 12.0 Å². The number of likely N-dealkylation sites (N-methyl/N-ethyl adjacent to an activating group) is 1. The van der Waals surface area contributed by atoms with E-state index in [1.807, 2.05) is 55.5 Å². The quantitative estimate of drug-likeness (QED) is 0.880. The second-order valence-electron chi connectivity index (χ2n) is 6.80. The van der Waals surface area contributed by atoms with Crippen LogP contribution in [-0.4, -0.2) is 35.0 Å². The Morgan fingerprint density at radius 3 is 2.40 bits per heavy atom. The third-order valence-electron chi connectivity index (χ3n) is 5.07. The number of carboxylic acids is 1. The number of benzene rings is 2. The van der Waals surface area contributed by atoms with Crippen molar-refractivity contribution in [3.63, 3.8) is 0 Å². The molecular weight excluding hydrogens is 314 g/mol. The van der Waals surface area contributed by atoms with Crippen LogP contribution in [0.5, 0.6) is 0 Å². The number of aryl methyl sites for hydroxylation is 1. The minimum absolute atomic E-state index is 0.0726. The normalized spacial score (nSPS) is 19.9. The molecule has 3 unspecified atom stereocenters. The van der Waals surface area contributed by atoms with Gasteiger partial charge in [-0.2, -0.15) is 0 Å². The van der Waals surface area contributed by atoms with Crippen molar-refractivity contribution in [1.82, 2.24) is 4.90 Å². The summed E-state index contributed by atoms with van der Waals surface area (Å²) in [5.41, 5.74) is 3.30. The molecule has 1 aliphatic carbocycles. The first-order valence-corrected chi connectivity index (χ1v) is 8.58. The first kappa shape index (κ1) is 17.2. The van der Waals surface area contributed by atoms with Crippen molar-refractivity contribution in [1.29, 1.82) is 0 Å². The van der Waals surface area contributed by atoms with E-state index in [9.17, 15) is 14.7 Å². The summed E-state index contributed by atoms with van der Waals surface area (Å²) in [6.07, 6.45) is 1.12. The molecule has 0 aromatic heterocycles. The van der Waals surface area contributed by atoms with E-state index in [0.29, 0.717) is 6.42 Å². The number of carbonyl (C=O) groups excluding carboxylic acids is 1. The maximum Gasteiger partial charge on any atom is 0.326 e. The minimum Gasteiger partial charge on any atom is -0.480 e. The van der Waals surface area contributed by atoms with Gasteiger partial charge >= 0.3 is 5.97 Å². The molecule has 1 N–H and O–H groups in total. The zero-order valence-electron chi connectivity index (χ0n) is 14.6. The molecule has 0 heterocycles. The summed E-state index contributed by atoms with van der Waals surface area (Å²) in [6, 6.07) is 16.7. The largest absolute Gasteiger partial charge is 0.480 e. The molecule has 4 nitrogen and oxygen atoms in total. The highest BCUT2D eigenvalue weighted by Crippen LogP contribution is 2.49. The Hall–Kier alpha value is -2.62. The van der Waals surface area contributed by atoms with Gasteiger partial charge in [0.2, 0.25) is 5.91 Å².